The van der Waals surface area contributed by atoms with Crippen molar-refractivity contribution in [3.05, 3.63) is 89.5 Å². The van der Waals surface area contributed by atoms with Gasteiger partial charge in [0.25, 0.3) is 5.91 Å². The van der Waals surface area contributed by atoms with Crippen LogP contribution in [0, 0.1) is 5.82 Å². The van der Waals surface area contributed by atoms with Crippen molar-refractivity contribution in [2.24, 2.45) is 0 Å². The molecule has 0 spiro atoms. The number of para-hydroxylation sites is 1. The third-order valence-corrected chi connectivity index (χ3v) is 4.60. The van der Waals surface area contributed by atoms with Crippen LogP contribution in [0.5, 0.6) is 5.75 Å². The number of amides is 1. The highest BCUT2D eigenvalue weighted by molar-refractivity contribution is 6.30. The molecule has 0 saturated carbocycles. The molecule has 30 heavy (non-hydrogen) atoms. The second-order valence-corrected chi connectivity index (χ2v) is 6.75. The third-order valence-electron chi connectivity index (χ3n) is 4.35. The fraction of sp³-hybridized carbons (Fsp3) is 0.0455. The van der Waals surface area contributed by atoms with Gasteiger partial charge in [-0.05, 0) is 60.7 Å². The number of nitrogens with one attached hydrogen (secondary N) is 1. The number of ether oxygens (including phenoxy) is 1. The van der Waals surface area contributed by atoms with Gasteiger partial charge < -0.3 is 10.1 Å². The molecule has 0 bridgehead atoms. The minimum atomic E-state index is -0.623. The van der Waals surface area contributed by atoms with Gasteiger partial charge >= 0.3 is 0 Å². The molecule has 1 heterocycles. The molecule has 1 amide bonds. The molecule has 0 saturated heterocycles. The van der Waals surface area contributed by atoms with E-state index in [1.807, 2.05) is 0 Å². The summed E-state index contributed by atoms with van der Waals surface area (Å²) in [6.07, 6.45) is 0. The SMILES string of the molecule is COc1ccc(-n2nc(C(=O)Nc3ccccc3F)nc2-c2ccc(Cl)cc2)cc1. The molecule has 0 aliphatic carbocycles. The maximum absolute atomic E-state index is 13.9. The number of rotatable bonds is 5. The molecule has 1 aromatic heterocycles. The van der Waals surface area contributed by atoms with Crippen molar-refractivity contribution in [1.82, 2.24) is 14.8 Å². The zero-order chi connectivity index (χ0) is 21.1. The van der Waals surface area contributed by atoms with Gasteiger partial charge in [0, 0.05) is 10.6 Å². The molecular formula is C22H16ClFN4O2. The molecular weight excluding hydrogens is 407 g/mol. The van der Waals surface area contributed by atoms with Crippen LogP contribution in [0.3, 0.4) is 0 Å². The third kappa shape index (κ3) is 4.01. The number of hydrogen-bond acceptors (Lipinski definition) is 4. The first-order valence-electron chi connectivity index (χ1n) is 8.98. The summed E-state index contributed by atoms with van der Waals surface area (Å²) in [7, 11) is 1.58. The van der Waals surface area contributed by atoms with Crippen LogP contribution in [0.1, 0.15) is 10.6 Å². The Morgan fingerprint density at radius 3 is 2.40 bits per heavy atom. The van der Waals surface area contributed by atoms with Crippen molar-refractivity contribution in [2.45, 2.75) is 0 Å². The summed E-state index contributed by atoms with van der Waals surface area (Å²) in [6.45, 7) is 0. The van der Waals surface area contributed by atoms with E-state index >= 15 is 0 Å². The molecule has 8 heteroatoms. The summed E-state index contributed by atoms with van der Waals surface area (Å²) in [5.74, 6) is -0.139. The molecule has 4 aromatic rings. The number of carbonyl (C=O) groups is 1. The number of anilines is 1. The zero-order valence-electron chi connectivity index (χ0n) is 15.8. The molecule has 0 fully saturated rings. The lowest BCUT2D eigenvalue weighted by molar-refractivity contribution is 0.101. The van der Waals surface area contributed by atoms with Crippen LogP contribution in [0.2, 0.25) is 5.02 Å². The van der Waals surface area contributed by atoms with Crippen molar-refractivity contribution in [3.63, 3.8) is 0 Å². The van der Waals surface area contributed by atoms with Crippen LogP contribution in [0.25, 0.3) is 17.1 Å². The Kier molecular flexibility index (Phi) is 5.45. The standard InChI is InChI=1S/C22H16ClFN4O2/c1-30-17-12-10-16(11-13-17)28-21(14-6-8-15(23)9-7-14)26-20(27-28)22(29)25-19-5-3-2-4-18(19)24/h2-13H,1H3,(H,25,29). The number of hydrogen-bond donors (Lipinski definition) is 1. The van der Waals surface area contributed by atoms with Crippen molar-refractivity contribution < 1.29 is 13.9 Å². The van der Waals surface area contributed by atoms with E-state index in [2.05, 4.69) is 15.4 Å². The van der Waals surface area contributed by atoms with Crippen LogP contribution in [-0.4, -0.2) is 27.8 Å². The van der Waals surface area contributed by atoms with Crippen molar-refractivity contribution in [1.29, 1.82) is 0 Å². The van der Waals surface area contributed by atoms with Gasteiger partial charge in [0.2, 0.25) is 5.82 Å². The Labute approximate surface area is 176 Å². The molecule has 0 unspecified atom stereocenters. The van der Waals surface area contributed by atoms with Gasteiger partial charge in [0.15, 0.2) is 5.82 Å². The van der Waals surface area contributed by atoms with Gasteiger partial charge in [-0.1, -0.05) is 23.7 Å². The Morgan fingerprint density at radius 1 is 1.03 bits per heavy atom. The normalized spacial score (nSPS) is 10.6. The quantitative estimate of drug-likeness (QED) is 0.492. The van der Waals surface area contributed by atoms with E-state index in [4.69, 9.17) is 16.3 Å². The molecule has 0 aliphatic rings. The fourth-order valence-corrected chi connectivity index (χ4v) is 2.96. The van der Waals surface area contributed by atoms with E-state index in [1.54, 1.807) is 72.5 Å². The first-order chi connectivity index (χ1) is 14.5. The van der Waals surface area contributed by atoms with Gasteiger partial charge in [-0.25, -0.2) is 14.1 Å². The number of aromatic nitrogens is 3. The summed E-state index contributed by atoms with van der Waals surface area (Å²) >= 11 is 5.99. The van der Waals surface area contributed by atoms with Gasteiger partial charge in [-0.3, -0.25) is 4.79 Å². The lowest BCUT2D eigenvalue weighted by atomic mass is 10.2. The van der Waals surface area contributed by atoms with E-state index in [0.717, 1.165) is 0 Å². The van der Waals surface area contributed by atoms with Gasteiger partial charge in [-0.15, -0.1) is 5.10 Å². The number of nitrogens with zero attached hydrogens (tertiary/aromatic N) is 3. The summed E-state index contributed by atoms with van der Waals surface area (Å²) in [5.41, 5.74) is 1.45. The van der Waals surface area contributed by atoms with Gasteiger partial charge in [0.1, 0.15) is 11.6 Å². The molecule has 3 aromatic carbocycles. The fourth-order valence-electron chi connectivity index (χ4n) is 2.84. The van der Waals surface area contributed by atoms with Gasteiger partial charge in [0.05, 0.1) is 18.5 Å². The van der Waals surface area contributed by atoms with Crippen LogP contribution in [-0.2, 0) is 0 Å². The topological polar surface area (TPSA) is 69.0 Å². The van der Waals surface area contributed by atoms with Crippen molar-refractivity contribution in [3.8, 4) is 22.8 Å². The lowest BCUT2D eigenvalue weighted by Gasteiger charge is -2.07. The highest BCUT2D eigenvalue weighted by Gasteiger charge is 2.20. The van der Waals surface area contributed by atoms with E-state index < -0.39 is 11.7 Å². The summed E-state index contributed by atoms with van der Waals surface area (Å²) in [4.78, 5) is 17.1. The molecule has 150 valence electrons. The number of methoxy groups -OCH3 is 1. The second kappa shape index (κ2) is 8.34. The largest absolute Gasteiger partial charge is 0.497 e. The van der Waals surface area contributed by atoms with Crippen LogP contribution >= 0.6 is 11.6 Å². The van der Waals surface area contributed by atoms with Gasteiger partial charge in [-0.2, -0.15) is 0 Å². The number of carbonyl (C=O) groups excluding carboxylic acids is 1. The maximum atomic E-state index is 13.9. The highest BCUT2D eigenvalue weighted by atomic mass is 35.5. The van der Waals surface area contributed by atoms with Crippen molar-refractivity contribution in [2.75, 3.05) is 12.4 Å². The molecule has 0 aliphatic heterocycles. The monoisotopic (exact) mass is 422 g/mol. The first kappa shape index (κ1) is 19.6. The average molecular weight is 423 g/mol. The zero-order valence-corrected chi connectivity index (χ0v) is 16.6. The predicted molar refractivity (Wildman–Crippen MR) is 113 cm³/mol. The predicted octanol–water partition coefficient (Wildman–Crippen LogP) is 4.99. The first-order valence-corrected chi connectivity index (χ1v) is 9.36. The second-order valence-electron chi connectivity index (χ2n) is 6.31. The lowest BCUT2D eigenvalue weighted by Crippen LogP contribution is -2.15. The Hall–Kier alpha value is -3.71. The number of halogens is 2. The van der Waals surface area contributed by atoms with Crippen LogP contribution in [0.4, 0.5) is 10.1 Å². The highest BCUT2D eigenvalue weighted by Crippen LogP contribution is 2.24. The van der Waals surface area contributed by atoms with Crippen molar-refractivity contribution >= 4 is 23.2 Å². The average Bonchev–Trinajstić information content (AvgIpc) is 3.21. The van der Waals surface area contributed by atoms with E-state index in [9.17, 15) is 9.18 Å². The Bertz CT molecular complexity index is 1190. The molecule has 4 rings (SSSR count). The minimum absolute atomic E-state index is 0.0522. The number of benzene rings is 3. The maximum Gasteiger partial charge on any atom is 0.295 e. The summed E-state index contributed by atoms with van der Waals surface area (Å²) < 4.78 is 20.6. The molecule has 6 nitrogen and oxygen atoms in total. The molecule has 1 N–H and O–H groups in total. The smallest absolute Gasteiger partial charge is 0.295 e. The van der Waals surface area contributed by atoms with E-state index in [0.29, 0.717) is 27.8 Å². The molecule has 0 radical (unpaired) electrons. The Balaban J connectivity index is 1.75. The Morgan fingerprint density at radius 2 is 1.73 bits per heavy atom. The molecule has 0 atom stereocenters. The summed E-state index contributed by atoms with van der Waals surface area (Å²) in [5, 5.41) is 7.44. The van der Waals surface area contributed by atoms with E-state index in [1.165, 1.54) is 12.1 Å². The van der Waals surface area contributed by atoms with Crippen LogP contribution < -0.4 is 10.1 Å². The summed E-state index contributed by atoms with van der Waals surface area (Å²) in [6, 6.07) is 20.1. The van der Waals surface area contributed by atoms with E-state index in [-0.39, 0.29) is 11.5 Å². The minimum Gasteiger partial charge on any atom is -0.497 e. The van der Waals surface area contributed by atoms with Crippen LogP contribution in [0.15, 0.2) is 72.8 Å².